The number of carbonyl (C=O) groups is 1. The topological polar surface area (TPSA) is 66.5 Å². The minimum Gasteiger partial charge on any atom is -0.348 e. The summed E-state index contributed by atoms with van der Waals surface area (Å²) in [5.41, 5.74) is 1.25. The number of sulfonamides is 1. The van der Waals surface area contributed by atoms with Crippen LogP contribution in [0.5, 0.6) is 0 Å². The molecule has 1 atom stereocenters. The van der Waals surface area contributed by atoms with Gasteiger partial charge >= 0.3 is 0 Å². The van der Waals surface area contributed by atoms with Crippen LogP contribution in [0.25, 0.3) is 0 Å². The molecule has 1 amide bonds. The highest BCUT2D eigenvalue weighted by atomic mass is 35.5. The van der Waals surface area contributed by atoms with Gasteiger partial charge in [-0.05, 0) is 48.9 Å². The molecular weight excluding hydrogens is 408 g/mol. The molecule has 0 aliphatic heterocycles. The number of para-hydroxylation sites is 1. The molecule has 29 heavy (non-hydrogen) atoms. The monoisotopic (exact) mass is 428 g/mol. The molecular formula is C22H21ClN2O3S. The van der Waals surface area contributed by atoms with Gasteiger partial charge in [0.05, 0.1) is 16.6 Å². The number of amides is 1. The molecule has 0 fully saturated rings. The van der Waals surface area contributed by atoms with Gasteiger partial charge in [-0.3, -0.25) is 9.10 Å². The Balaban J connectivity index is 1.85. The van der Waals surface area contributed by atoms with Gasteiger partial charge in [-0.25, -0.2) is 8.42 Å². The maximum absolute atomic E-state index is 13.2. The largest absolute Gasteiger partial charge is 0.348 e. The standard InChI is InChI=1S/C22H21ClN2O3S/c1-17(18-9-8-10-19(23)15-18)24-22(26)16-25(20-11-4-2-5-12-20)29(27,28)21-13-6-3-7-14-21/h2-15,17H,16H2,1H3,(H,24,26)/t17-/m1/s1. The Labute approximate surface area is 176 Å². The van der Waals surface area contributed by atoms with Crippen molar-refractivity contribution >= 4 is 33.2 Å². The number of halogens is 1. The minimum absolute atomic E-state index is 0.125. The van der Waals surface area contributed by atoms with Crippen molar-refractivity contribution in [1.29, 1.82) is 0 Å². The highest BCUT2D eigenvalue weighted by molar-refractivity contribution is 7.92. The van der Waals surface area contributed by atoms with E-state index < -0.39 is 15.9 Å². The predicted molar refractivity (Wildman–Crippen MR) is 115 cm³/mol. The van der Waals surface area contributed by atoms with Crippen molar-refractivity contribution in [2.75, 3.05) is 10.8 Å². The first-order valence-electron chi connectivity index (χ1n) is 9.05. The summed E-state index contributed by atoms with van der Waals surface area (Å²) in [6, 6.07) is 23.5. The summed E-state index contributed by atoms with van der Waals surface area (Å²) in [4.78, 5) is 12.8. The fourth-order valence-electron chi connectivity index (χ4n) is 2.91. The van der Waals surface area contributed by atoms with Crippen LogP contribution in [0.4, 0.5) is 5.69 Å². The summed E-state index contributed by atoms with van der Waals surface area (Å²) < 4.78 is 27.5. The summed E-state index contributed by atoms with van der Waals surface area (Å²) >= 11 is 6.02. The first-order valence-corrected chi connectivity index (χ1v) is 10.9. The Morgan fingerprint density at radius 3 is 2.21 bits per heavy atom. The number of carbonyl (C=O) groups excluding carboxylic acids is 1. The van der Waals surface area contributed by atoms with Gasteiger partial charge in [0.15, 0.2) is 0 Å². The van der Waals surface area contributed by atoms with E-state index in [1.807, 2.05) is 13.0 Å². The molecule has 0 aromatic heterocycles. The zero-order valence-corrected chi connectivity index (χ0v) is 17.4. The molecule has 0 bridgehead atoms. The lowest BCUT2D eigenvalue weighted by atomic mass is 10.1. The van der Waals surface area contributed by atoms with Gasteiger partial charge in [0.25, 0.3) is 10.0 Å². The maximum Gasteiger partial charge on any atom is 0.264 e. The van der Waals surface area contributed by atoms with Crippen LogP contribution in [0.2, 0.25) is 5.02 Å². The van der Waals surface area contributed by atoms with Gasteiger partial charge in [-0.1, -0.05) is 60.1 Å². The second-order valence-electron chi connectivity index (χ2n) is 6.50. The quantitative estimate of drug-likeness (QED) is 0.606. The maximum atomic E-state index is 13.2. The fourth-order valence-corrected chi connectivity index (χ4v) is 4.55. The van der Waals surface area contributed by atoms with Crippen LogP contribution >= 0.6 is 11.6 Å². The van der Waals surface area contributed by atoms with E-state index >= 15 is 0 Å². The summed E-state index contributed by atoms with van der Waals surface area (Å²) in [5, 5.41) is 3.41. The van der Waals surface area contributed by atoms with Crippen LogP contribution in [0.3, 0.4) is 0 Å². The van der Waals surface area contributed by atoms with Crippen molar-refractivity contribution in [1.82, 2.24) is 5.32 Å². The molecule has 0 aliphatic carbocycles. The van der Waals surface area contributed by atoms with E-state index in [1.54, 1.807) is 66.7 Å². The van der Waals surface area contributed by atoms with Crippen LogP contribution in [-0.4, -0.2) is 20.9 Å². The Bertz CT molecular complexity index is 1070. The van der Waals surface area contributed by atoms with Crippen molar-refractivity contribution in [2.24, 2.45) is 0 Å². The lowest BCUT2D eigenvalue weighted by Crippen LogP contribution is -2.41. The zero-order chi connectivity index (χ0) is 20.9. The van der Waals surface area contributed by atoms with Gasteiger partial charge in [-0.15, -0.1) is 0 Å². The third-order valence-corrected chi connectivity index (χ3v) is 6.41. The SMILES string of the molecule is C[C@@H](NC(=O)CN(c1ccccc1)S(=O)(=O)c1ccccc1)c1cccc(Cl)c1. The van der Waals surface area contributed by atoms with Crippen molar-refractivity contribution < 1.29 is 13.2 Å². The third kappa shape index (κ3) is 5.16. The van der Waals surface area contributed by atoms with E-state index in [1.165, 1.54) is 12.1 Å². The molecule has 5 nitrogen and oxygen atoms in total. The molecule has 1 N–H and O–H groups in total. The fraction of sp³-hybridized carbons (Fsp3) is 0.136. The smallest absolute Gasteiger partial charge is 0.264 e. The Hall–Kier alpha value is -2.83. The van der Waals surface area contributed by atoms with Crippen molar-refractivity contribution in [3.63, 3.8) is 0 Å². The van der Waals surface area contributed by atoms with E-state index in [2.05, 4.69) is 5.32 Å². The van der Waals surface area contributed by atoms with Gasteiger partial charge in [0, 0.05) is 5.02 Å². The molecule has 0 heterocycles. The van der Waals surface area contributed by atoms with E-state index in [-0.39, 0.29) is 17.5 Å². The van der Waals surface area contributed by atoms with Crippen LogP contribution in [0.15, 0.2) is 89.8 Å². The highest BCUT2D eigenvalue weighted by Crippen LogP contribution is 2.23. The van der Waals surface area contributed by atoms with E-state index in [0.29, 0.717) is 10.7 Å². The van der Waals surface area contributed by atoms with Gasteiger partial charge in [0.1, 0.15) is 6.54 Å². The molecule has 3 aromatic rings. The lowest BCUT2D eigenvalue weighted by molar-refractivity contribution is -0.120. The average Bonchev–Trinajstić information content (AvgIpc) is 2.73. The molecule has 0 unspecified atom stereocenters. The second-order valence-corrected chi connectivity index (χ2v) is 8.80. The van der Waals surface area contributed by atoms with Crippen molar-refractivity contribution in [3.05, 3.63) is 95.5 Å². The van der Waals surface area contributed by atoms with Crippen LogP contribution in [0.1, 0.15) is 18.5 Å². The molecule has 3 aromatic carbocycles. The Kier molecular flexibility index (Phi) is 6.56. The number of hydrogen-bond donors (Lipinski definition) is 1. The Morgan fingerprint density at radius 2 is 1.59 bits per heavy atom. The highest BCUT2D eigenvalue weighted by Gasteiger charge is 2.27. The number of nitrogens with one attached hydrogen (secondary N) is 1. The molecule has 0 aliphatic rings. The average molecular weight is 429 g/mol. The first-order chi connectivity index (χ1) is 13.9. The minimum atomic E-state index is -3.90. The molecule has 0 saturated carbocycles. The zero-order valence-electron chi connectivity index (χ0n) is 15.8. The van der Waals surface area contributed by atoms with E-state index in [4.69, 9.17) is 11.6 Å². The number of anilines is 1. The van der Waals surface area contributed by atoms with Crippen molar-refractivity contribution in [3.8, 4) is 0 Å². The molecule has 7 heteroatoms. The van der Waals surface area contributed by atoms with Crippen LogP contribution < -0.4 is 9.62 Å². The number of hydrogen-bond acceptors (Lipinski definition) is 3. The summed E-state index contributed by atoms with van der Waals surface area (Å²) in [6.45, 7) is 1.48. The molecule has 0 radical (unpaired) electrons. The van der Waals surface area contributed by atoms with E-state index in [9.17, 15) is 13.2 Å². The Morgan fingerprint density at radius 1 is 0.966 bits per heavy atom. The molecule has 0 saturated heterocycles. The van der Waals surface area contributed by atoms with Gasteiger partial charge in [-0.2, -0.15) is 0 Å². The summed E-state index contributed by atoms with van der Waals surface area (Å²) in [6.07, 6.45) is 0. The lowest BCUT2D eigenvalue weighted by Gasteiger charge is -2.25. The summed E-state index contributed by atoms with van der Waals surface area (Å²) in [5.74, 6) is -0.416. The first kappa shape index (κ1) is 20.9. The molecule has 3 rings (SSSR count). The van der Waals surface area contributed by atoms with Crippen LogP contribution in [-0.2, 0) is 14.8 Å². The predicted octanol–water partition coefficient (Wildman–Crippen LogP) is 4.41. The molecule has 150 valence electrons. The van der Waals surface area contributed by atoms with Gasteiger partial charge in [0.2, 0.25) is 5.91 Å². The number of benzene rings is 3. The summed E-state index contributed by atoms with van der Waals surface area (Å²) in [7, 11) is -3.90. The van der Waals surface area contributed by atoms with Crippen molar-refractivity contribution in [2.45, 2.75) is 17.9 Å². The normalized spacial score (nSPS) is 12.2. The van der Waals surface area contributed by atoms with Crippen LogP contribution in [0, 0.1) is 0 Å². The second kappa shape index (κ2) is 9.11. The number of rotatable bonds is 7. The number of nitrogens with zero attached hydrogens (tertiary/aromatic N) is 1. The van der Waals surface area contributed by atoms with E-state index in [0.717, 1.165) is 9.87 Å². The molecule has 0 spiro atoms. The van der Waals surface area contributed by atoms with Gasteiger partial charge < -0.3 is 5.32 Å². The third-order valence-electron chi connectivity index (χ3n) is 4.39.